The summed E-state index contributed by atoms with van der Waals surface area (Å²) in [6.45, 7) is 1.70. The van der Waals surface area contributed by atoms with E-state index in [0.29, 0.717) is 5.56 Å². The van der Waals surface area contributed by atoms with Crippen molar-refractivity contribution in [3.05, 3.63) is 35.4 Å². The quantitative estimate of drug-likeness (QED) is 0.696. The number of rotatable bonds is 3. The van der Waals surface area contributed by atoms with Gasteiger partial charge in [-0.15, -0.1) is 0 Å². The normalized spacial score (nSPS) is 9.00. The molecule has 4 nitrogen and oxygen atoms in total. The molecule has 1 aromatic carbocycles. The Balaban J connectivity index is 0.000000423. The third-order valence-corrected chi connectivity index (χ3v) is 1.73. The van der Waals surface area contributed by atoms with Crippen LogP contribution >= 0.6 is 0 Å². The van der Waals surface area contributed by atoms with Crippen molar-refractivity contribution in [3.8, 4) is 0 Å². The Morgan fingerprint density at radius 2 is 1.73 bits per heavy atom. The van der Waals surface area contributed by atoms with Crippen LogP contribution in [-0.4, -0.2) is 34.5 Å². The molecule has 1 rings (SSSR count). The fraction of sp³-hybridized carbons (Fsp3) is 0.364. The summed E-state index contributed by atoms with van der Waals surface area (Å²) in [7, 11) is 0. The predicted molar refractivity (Wildman–Crippen MR) is 57.0 cm³/mol. The van der Waals surface area contributed by atoms with Gasteiger partial charge in [0.25, 0.3) is 0 Å². The summed E-state index contributed by atoms with van der Waals surface area (Å²) in [6.07, 6.45) is 0.766. The zero-order valence-corrected chi connectivity index (χ0v) is 8.68. The van der Waals surface area contributed by atoms with Crippen molar-refractivity contribution in [1.29, 1.82) is 0 Å². The van der Waals surface area contributed by atoms with Gasteiger partial charge in [-0.05, 0) is 18.1 Å². The van der Waals surface area contributed by atoms with Gasteiger partial charge in [0, 0.05) is 0 Å². The van der Waals surface area contributed by atoms with Crippen LogP contribution in [0.5, 0.6) is 0 Å². The molecule has 0 bridgehead atoms. The Morgan fingerprint density at radius 1 is 1.20 bits per heavy atom. The SMILES string of the molecule is CCc1ccccc1C(=O)O.OCCO. The minimum absolute atomic E-state index is 0.125. The lowest BCUT2D eigenvalue weighted by Crippen LogP contribution is -2.00. The van der Waals surface area contributed by atoms with Gasteiger partial charge in [-0.3, -0.25) is 0 Å². The van der Waals surface area contributed by atoms with Crippen molar-refractivity contribution in [2.24, 2.45) is 0 Å². The number of hydrogen-bond acceptors (Lipinski definition) is 3. The first kappa shape index (κ1) is 13.6. The maximum atomic E-state index is 10.6. The molecule has 0 saturated heterocycles. The summed E-state index contributed by atoms with van der Waals surface area (Å²) in [4.78, 5) is 10.6. The third-order valence-electron chi connectivity index (χ3n) is 1.73. The highest BCUT2D eigenvalue weighted by Gasteiger charge is 2.05. The molecule has 15 heavy (non-hydrogen) atoms. The van der Waals surface area contributed by atoms with E-state index in [1.165, 1.54) is 0 Å². The molecular weight excluding hydrogens is 196 g/mol. The van der Waals surface area contributed by atoms with Crippen LogP contribution in [0.25, 0.3) is 0 Å². The molecule has 4 heteroatoms. The van der Waals surface area contributed by atoms with Crippen LogP contribution in [0, 0.1) is 0 Å². The van der Waals surface area contributed by atoms with Gasteiger partial charge in [-0.2, -0.15) is 0 Å². The first-order valence-electron chi connectivity index (χ1n) is 4.70. The number of aryl methyl sites for hydroxylation is 1. The molecule has 0 heterocycles. The molecule has 1 aromatic rings. The van der Waals surface area contributed by atoms with E-state index < -0.39 is 5.97 Å². The summed E-state index contributed by atoms with van der Waals surface area (Å²) < 4.78 is 0. The largest absolute Gasteiger partial charge is 0.478 e. The summed E-state index contributed by atoms with van der Waals surface area (Å²) >= 11 is 0. The van der Waals surface area contributed by atoms with E-state index in [1.807, 2.05) is 19.1 Å². The van der Waals surface area contributed by atoms with E-state index in [1.54, 1.807) is 12.1 Å². The molecule has 0 aromatic heterocycles. The van der Waals surface area contributed by atoms with Gasteiger partial charge in [0.2, 0.25) is 0 Å². The monoisotopic (exact) mass is 212 g/mol. The zero-order chi connectivity index (χ0) is 11.7. The first-order valence-corrected chi connectivity index (χ1v) is 4.70. The molecule has 84 valence electrons. The number of aliphatic hydroxyl groups excluding tert-OH is 2. The maximum absolute atomic E-state index is 10.6. The van der Waals surface area contributed by atoms with Crippen LogP contribution in [-0.2, 0) is 6.42 Å². The Kier molecular flexibility index (Phi) is 7.23. The maximum Gasteiger partial charge on any atom is 0.335 e. The Labute approximate surface area is 88.8 Å². The van der Waals surface area contributed by atoms with E-state index in [4.69, 9.17) is 15.3 Å². The third kappa shape index (κ3) is 5.15. The molecule has 0 spiro atoms. The van der Waals surface area contributed by atoms with Crippen molar-refractivity contribution >= 4 is 5.97 Å². The Bertz CT molecular complexity index is 294. The highest BCUT2D eigenvalue weighted by molar-refractivity contribution is 5.89. The number of aromatic carboxylic acids is 1. The van der Waals surface area contributed by atoms with Crippen molar-refractivity contribution in [2.75, 3.05) is 13.2 Å². The van der Waals surface area contributed by atoms with Gasteiger partial charge < -0.3 is 15.3 Å². The van der Waals surface area contributed by atoms with Crippen molar-refractivity contribution in [3.63, 3.8) is 0 Å². The number of aliphatic hydroxyl groups is 2. The van der Waals surface area contributed by atoms with E-state index in [0.717, 1.165) is 12.0 Å². The molecule has 3 N–H and O–H groups in total. The minimum atomic E-state index is -0.845. The number of benzene rings is 1. The van der Waals surface area contributed by atoms with E-state index >= 15 is 0 Å². The van der Waals surface area contributed by atoms with E-state index in [2.05, 4.69) is 0 Å². The topological polar surface area (TPSA) is 77.8 Å². The minimum Gasteiger partial charge on any atom is -0.478 e. The van der Waals surface area contributed by atoms with Crippen LogP contribution in [0.1, 0.15) is 22.8 Å². The number of hydrogen-bond donors (Lipinski definition) is 3. The fourth-order valence-corrected chi connectivity index (χ4v) is 1.04. The van der Waals surface area contributed by atoms with Crippen molar-refractivity contribution in [2.45, 2.75) is 13.3 Å². The molecule has 0 fully saturated rings. The summed E-state index contributed by atoms with van der Waals surface area (Å²) in [6, 6.07) is 7.05. The van der Waals surface area contributed by atoms with E-state index in [9.17, 15) is 4.79 Å². The molecule has 0 unspecified atom stereocenters. The van der Waals surface area contributed by atoms with Gasteiger partial charge in [0.15, 0.2) is 0 Å². The van der Waals surface area contributed by atoms with Crippen LogP contribution in [0.3, 0.4) is 0 Å². The molecule has 0 atom stereocenters. The Hall–Kier alpha value is -1.39. The zero-order valence-electron chi connectivity index (χ0n) is 8.68. The van der Waals surface area contributed by atoms with Gasteiger partial charge >= 0.3 is 5.97 Å². The van der Waals surface area contributed by atoms with Crippen LogP contribution in [0.2, 0.25) is 0 Å². The lowest BCUT2D eigenvalue weighted by molar-refractivity contribution is 0.0695. The predicted octanol–water partition coefficient (Wildman–Crippen LogP) is 0.918. The number of carboxylic acid groups (broad SMARTS) is 1. The number of carboxylic acids is 1. The molecule has 0 aliphatic heterocycles. The molecule has 0 aliphatic rings. The standard InChI is InChI=1S/C9H10O2.C2H6O2/c1-2-7-5-3-4-6-8(7)9(10)11;3-1-2-4/h3-6H,2H2,1H3,(H,10,11);3-4H,1-2H2. The van der Waals surface area contributed by atoms with Gasteiger partial charge in [0.05, 0.1) is 18.8 Å². The lowest BCUT2D eigenvalue weighted by Gasteiger charge is -2.00. The lowest BCUT2D eigenvalue weighted by atomic mass is 10.1. The average molecular weight is 212 g/mol. The summed E-state index contributed by atoms with van der Waals surface area (Å²) in [5.41, 5.74) is 1.30. The van der Waals surface area contributed by atoms with Crippen LogP contribution in [0.15, 0.2) is 24.3 Å². The van der Waals surface area contributed by atoms with Crippen LogP contribution in [0.4, 0.5) is 0 Å². The van der Waals surface area contributed by atoms with Crippen molar-refractivity contribution in [1.82, 2.24) is 0 Å². The molecular formula is C11H16O4. The molecule has 0 radical (unpaired) electrons. The average Bonchev–Trinajstić information content (AvgIpc) is 2.29. The Morgan fingerprint density at radius 3 is 2.07 bits per heavy atom. The van der Waals surface area contributed by atoms with E-state index in [-0.39, 0.29) is 13.2 Å². The van der Waals surface area contributed by atoms with Crippen LogP contribution < -0.4 is 0 Å². The summed E-state index contributed by atoms with van der Waals surface area (Å²) in [5, 5.41) is 23.9. The second-order valence-electron chi connectivity index (χ2n) is 2.76. The second-order valence-corrected chi connectivity index (χ2v) is 2.76. The van der Waals surface area contributed by atoms with Crippen molar-refractivity contribution < 1.29 is 20.1 Å². The molecule has 0 aliphatic carbocycles. The smallest absolute Gasteiger partial charge is 0.335 e. The first-order chi connectivity index (χ1) is 7.17. The number of carbonyl (C=O) groups is 1. The molecule has 0 amide bonds. The highest BCUT2D eigenvalue weighted by Crippen LogP contribution is 2.08. The highest BCUT2D eigenvalue weighted by atomic mass is 16.4. The fourth-order valence-electron chi connectivity index (χ4n) is 1.04. The molecule has 0 saturated carbocycles. The van der Waals surface area contributed by atoms with Gasteiger partial charge in [-0.25, -0.2) is 4.79 Å². The van der Waals surface area contributed by atoms with Gasteiger partial charge in [-0.1, -0.05) is 25.1 Å². The summed E-state index contributed by atoms with van der Waals surface area (Å²) in [5.74, 6) is -0.845. The van der Waals surface area contributed by atoms with Gasteiger partial charge in [0.1, 0.15) is 0 Å². The second kappa shape index (κ2) is 7.96.